The van der Waals surface area contributed by atoms with E-state index in [1.807, 2.05) is 19.1 Å². The Kier molecular flexibility index (Phi) is 3.71. The molecule has 0 amide bonds. The molecule has 0 aliphatic heterocycles. The number of aryl methyl sites for hydroxylation is 2. The van der Waals surface area contributed by atoms with Crippen LogP contribution in [0.5, 0.6) is 0 Å². The quantitative estimate of drug-likeness (QED) is 0.320. The standard InChI is InChI=1S/C22H16N2O5S/c1-11-4-3-5-13-20(11)23-17-9-16-19(10-14(17)21(13)25)24(2)18-7-6-12(30(27,28)29)8-15(18)22(16)26/h3-10H,1-2H3,(H,23,25)(H,27,28,29). The molecule has 5 aromatic rings. The van der Waals surface area contributed by atoms with E-state index in [0.29, 0.717) is 38.2 Å². The summed E-state index contributed by atoms with van der Waals surface area (Å²) in [5, 5.41) is 1.54. The van der Waals surface area contributed by atoms with E-state index in [0.717, 1.165) is 5.56 Å². The minimum atomic E-state index is -4.44. The molecule has 5 rings (SSSR count). The lowest BCUT2D eigenvalue weighted by Crippen LogP contribution is -2.12. The molecule has 2 aromatic heterocycles. The average Bonchev–Trinajstić information content (AvgIpc) is 2.71. The van der Waals surface area contributed by atoms with Gasteiger partial charge >= 0.3 is 0 Å². The van der Waals surface area contributed by atoms with Gasteiger partial charge in [-0.25, -0.2) is 0 Å². The fourth-order valence-electron chi connectivity index (χ4n) is 4.07. The van der Waals surface area contributed by atoms with Crippen molar-refractivity contribution in [2.24, 2.45) is 7.05 Å². The molecule has 2 heterocycles. The molecule has 8 heteroatoms. The molecule has 0 saturated carbocycles. The zero-order chi connectivity index (χ0) is 21.4. The maximum Gasteiger partial charge on any atom is 0.294 e. The minimum Gasteiger partial charge on any atom is -0.354 e. The summed E-state index contributed by atoms with van der Waals surface area (Å²) >= 11 is 0. The third-order valence-electron chi connectivity index (χ3n) is 5.64. The van der Waals surface area contributed by atoms with Crippen molar-refractivity contribution in [3.05, 3.63) is 74.5 Å². The van der Waals surface area contributed by atoms with Gasteiger partial charge in [0, 0.05) is 28.6 Å². The van der Waals surface area contributed by atoms with Crippen LogP contribution in [-0.2, 0) is 17.2 Å². The molecule has 0 fully saturated rings. The highest BCUT2D eigenvalue weighted by atomic mass is 32.2. The molecule has 7 nitrogen and oxygen atoms in total. The van der Waals surface area contributed by atoms with Gasteiger partial charge in [0.1, 0.15) is 0 Å². The Morgan fingerprint density at radius 3 is 2.30 bits per heavy atom. The van der Waals surface area contributed by atoms with Gasteiger partial charge in [-0.1, -0.05) is 12.1 Å². The van der Waals surface area contributed by atoms with Gasteiger partial charge in [-0.15, -0.1) is 0 Å². The number of hydrogen-bond donors (Lipinski definition) is 2. The van der Waals surface area contributed by atoms with Crippen molar-refractivity contribution >= 4 is 53.7 Å². The molecule has 0 bridgehead atoms. The number of benzene rings is 3. The van der Waals surface area contributed by atoms with Crippen molar-refractivity contribution < 1.29 is 13.0 Å². The van der Waals surface area contributed by atoms with Crippen LogP contribution in [0.4, 0.5) is 0 Å². The molecular formula is C22H16N2O5S. The van der Waals surface area contributed by atoms with Gasteiger partial charge in [-0.2, -0.15) is 8.42 Å². The highest BCUT2D eigenvalue weighted by Crippen LogP contribution is 2.25. The lowest BCUT2D eigenvalue weighted by atomic mass is 10.0. The molecule has 0 unspecified atom stereocenters. The van der Waals surface area contributed by atoms with Crippen LogP contribution < -0.4 is 10.9 Å². The fraction of sp³-hybridized carbons (Fsp3) is 0.0909. The van der Waals surface area contributed by atoms with Crippen LogP contribution in [0.3, 0.4) is 0 Å². The number of hydrogen-bond acceptors (Lipinski definition) is 4. The van der Waals surface area contributed by atoms with Crippen LogP contribution in [-0.4, -0.2) is 22.5 Å². The van der Waals surface area contributed by atoms with E-state index in [2.05, 4.69) is 4.98 Å². The summed E-state index contributed by atoms with van der Waals surface area (Å²) in [6, 6.07) is 12.7. The molecule has 0 aliphatic rings. The number of para-hydroxylation sites is 1. The van der Waals surface area contributed by atoms with E-state index in [-0.39, 0.29) is 21.1 Å². The first-order valence-electron chi connectivity index (χ1n) is 9.16. The van der Waals surface area contributed by atoms with E-state index in [1.54, 1.807) is 29.8 Å². The topological polar surface area (TPSA) is 109 Å². The minimum absolute atomic E-state index is 0.126. The van der Waals surface area contributed by atoms with Gasteiger partial charge < -0.3 is 9.55 Å². The van der Waals surface area contributed by atoms with Gasteiger partial charge in [0.15, 0.2) is 10.9 Å². The second-order valence-corrected chi connectivity index (χ2v) is 8.83. The number of pyridine rings is 2. The predicted octanol–water partition coefficient (Wildman–Crippen LogP) is 3.24. The fourth-order valence-corrected chi connectivity index (χ4v) is 4.57. The maximum absolute atomic E-state index is 13.2. The monoisotopic (exact) mass is 420 g/mol. The zero-order valence-corrected chi connectivity index (χ0v) is 16.9. The van der Waals surface area contributed by atoms with E-state index in [1.165, 1.54) is 18.2 Å². The largest absolute Gasteiger partial charge is 0.354 e. The normalized spacial score (nSPS) is 12.4. The number of nitrogens with one attached hydrogen (secondary N) is 1. The summed E-state index contributed by atoms with van der Waals surface area (Å²) in [4.78, 5) is 29.2. The van der Waals surface area contributed by atoms with Crippen molar-refractivity contribution in [3.63, 3.8) is 0 Å². The van der Waals surface area contributed by atoms with E-state index in [9.17, 15) is 22.6 Å². The van der Waals surface area contributed by atoms with Crippen molar-refractivity contribution in [3.8, 4) is 0 Å². The SMILES string of the molecule is Cc1cccc2c(=O)c3cc4c(cc3[nH]c12)c(=O)c1cc(S(=O)(=O)O)ccc1n4C. The Morgan fingerprint density at radius 1 is 0.867 bits per heavy atom. The van der Waals surface area contributed by atoms with E-state index < -0.39 is 10.1 Å². The van der Waals surface area contributed by atoms with Crippen molar-refractivity contribution in [2.75, 3.05) is 0 Å². The van der Waals surface area contributed by atoms with Crippen LogP contribution in [0.15, 0.2) is 63.0 Å². The number of rotatable bonds is 1. The van der Waals surface area contributed by atoms with Gasteiger partial charge in [0.05, 0.1) is 27.0 Å². The Hall–Kier alpha value is -3.49. The lowest BCUT2D eigenvalue weighted by Gasteiger charge is -2.13. The Labute approximate surface area is 169 Å². The molecule has 3 aromatic carbocycles. The summed E-state index contributed by atoms with van der Waals surface area (Å²) in [5.41, 5.74) is 2.69. The lowest BCUT2D eigenvalue weighted by molar-refractivity contribution is 0.483. The summed E-state index contributed by atoms with van der Waals surface area (Å²) in [6.45, 7) is 1.90. The summed E-state index contributed by atoms with van der Waals surface area (Å²) < 4.78 is 34.1. The molecule has 0 spiro atoms. The summed E-state index contributed by atoms with van der Waals surface area (Å²) in [7, 11) is -2.70. The average molecular weight is 420 g/mol. The smallest absolute Gasteiger partial charge is 0.294 e. The van der Waals surface area contributed by atoms with E-state index >= 15 is 0 Å². The van der Waals surface area contributed by atoms with Crippen molar-refractivity contribution in [2.45, 2.75) is 11.8 Å². The molecule has 0 radical (unpaired) electrons. The molecule has 0 saturated heterocycles. The van der Waals surface area contributed by atoms with Crippen LogP contribution in [0.25, 0.3) is 43.6 Å². The molecule has 0 aliphatic carbocycles. The predicted molar refractivity (Wildman–Crippen MR) is 117 cm³/mol. The first-order valence-corrected chi connectivity index (χ1v) is 10.6. The van der Waals surface area contributed by atoms with Crippen molar-refractivity contribution in [1.82, 2.24) is 9.55 Å². The van der Waals surface area contributed by atoms with Crippen LogP contribution in [0, 0.1) is 6.92 Å². The molecule has 30 heavy (non-hydrogen) atoms. The Bertz CT molecular complexity index is 1780. The highest BCUT2D eigenvalue weighted by molar-refractivity contribution is 7.85. The molecule has 0 atom stereocenters. The summed E-state index contributed by atoms with van der Waals surface area (Å²) in [6.07, 6.45) is 0. The zero-order valence-electron chi connectivity index (χ0n) is 16.1. The number of fused-ring (bicyclic) bond motifs is 4. The van der Waals surface area contributed by atoms with Crippen LogP contribution in [0.1, 0.15) is 5.56 Å². The number of aromatic amines is 1. The van der Waals surface area contributed by atoms with Crippen molar-refractivity contribution in [1.29, 1.82) is 0 Å². The second-order valence-electron chi connectivity index (χ2n) is 7.41. The highest BCUT2D eigenvalue weighted by Gasteiger charge is 2.16. The summed E-state index contributed by atoms with van der Waals surface area (Å²) in [5.74, 6) is 0. The second kappa shape index (κ2) is 6.01. The molecule has 2 N–H and O–H groups in total. The molecular weight excluding hydrogens is 404 g/mol. The Morgan fingerprint density at radius 2 is 1.57 bits per heavy atom. The van der Waals surface area contributed by atoms with Gasteiger partial charge in [-0.3, -0.25) is 14.1 Å². The van der Waals surface area contributed by atoms with Crippen LogP contribution >= 0.6 is 0 Å². The van der Waals surface area contributed by atoms with Gasteiger partial charge in [0.2, 0.25) is 0 Å². The molecule has 150 valence electrons. The maximum atomic E-state index is 13.2. The third kappa shape index (κ3) is 2.51. The van der Waals surface area contributed by atoms with Gasteiger partial charge in [0.25, 0.3) is 10.1 Å². The van der Waals surface area contributed by atoms with Crippen LogP contribution in [0.2, 0.25) is 0 Å². The Balaban J connectivity index is 2.00. The first kappa shape index (κ1) is 18.5. The number of nitrogens with zero attached hydrogens (tertiary/aromatic N) is 1. The first-order chi connectivity index (χ1) is 14.2. The van der Waals surface area contributed by atoms with Gasteiger partial charge in [-0.05, 0) is 48.9 Å². The number of H-pyrrole nitrogens is 1. The van der Waals surface area contributed by atoms with E-state index in [4.69, 9.17) is 0 Å². The third-order valence-corrected chi connectivity index (χ3v) is 6.49. The number of aromatic nitrogens is 2.